The predicted octanol–water partition coefficient (Wildman–Crippen LogP) is 9.10. The molecule has 6 nitrogen and oxygen atoms in total. The maximum atomic E-state index is 12.3. The third kappa shape index (κ3) is 8.33. The molecule has 0 unspecified atom stereocenters. The second-order valence-electron chi connectivity index (χ2n) is 11.6. The monoisotopic (exact) mass is 605 g/mol. The summed E-state index contributed by atoms with van der Waals surface area (Å²) in [5, 5.41) is 5.03. The molecular formula is C39H43NO5. The molecule has 1 aliphatic heterocycles. The van der Waals surface area contributed by atoms with Gasteiger partial charge in [0, 0.05) is 29.7 Å². The maximum absolute atomic E-state index is 12.3. The first-order chi connectivity index (χ1) is 22.1. The smallest absolute Gasteiger partial charge is 0.407 e. The van der Waals surface area contributed by atoms with E-state index in [2.05, 4.69) is 64.7 Å². The Morgan fingerprint density at radius 1 is 0.756 bits per heavy atom. The highest BCUT2D eigenvalue weighted by molar-refractivity contribution is 5.94. The number of unbranched alkanes of at least 4 members (excludes halogenated alkanes) is 7. The van der Waals surface area contributed by atoms with E-state index in [0.717, 1.165) is 77.3 Å². The van der Waals surface area contributed by atoms with Crippen molar-refractivity contribution < 1.29 is 23.8 Å². The number of benzene rings is 4. The van der Waals surface area contributed by atoms with Gasteiger partial charge in [-0.2, -0.15) is 0 Å². The zero-order valence-corrected chi connectivity index (χ0v) is 26.1. The molecule has 0 saturated carbocycles. The molecule has 0 bridgehead atoms. The highest BCUT2D eigenvalue weighted by atomic mass is 16.5. The first kappa shape index (κ1) is 31.8. The van der Waals surface area contributed by atoms with E-state index >= 15 is 0 Å². The lowest BCUT2D eigenvalue weighted by Gasteiger charge is -2.36. The number of hydrogen-bond acceptors (Lipinski definition) is 5. The lowest BCUT2D eigenvalue weighted by molar-refractivity contribution is -0.140. The normalized spacial score (nSPS) is 13.1. The number of carbonyl (C=O) groups excluding carboxylic acids is 2. The molecular weight excluding hydrogens is 562 g/mol. The van der Waals surface area contributed by atoms with Crippen LogP contribution >= 0.6 is 0 Å². The van der Waals surface area contributed by atoms with Gasteiger partial charge in [0.05, 0.1) is 7.11 Å². The summed E-state index contributed by atoms with van der Waals surface area (Å²) in [7, 11) is 1.43. The van der Waals surface area contributed by atoms with Gasteiger partial charge in [0.2, 0.25) is 0 Å². The zero-order chi connectivity index (χ0) is 31.3. The molecule has 6 heteroatoms. The van der Waals surface area contributed by atoms with Crippen LogP contribution in [0.4, 0.5) is 4.79 Å². The zero-order valence-electron chi connectivity index (χ0n) is 26.1. The van der Waals surface area contributed by atoms with Crippen molar-refractivity contribution in [1.82, 2.24) is 5.32 Å². The summed E-state index contributed by atoms with van der Waals surface area (Å²) in [6.45, 7) is 0.827. The van der Waals surface area contributed by atoms with Gasteiger partial charge in [0.15, 0.2) is 5.60 Å². The van der Waals surface area contributed by atoms with Crippen LogP contribution in [0.5, 0.6) is 5.75 Å². The van der Waals surface area contributed by atoms with Crippen molar-refractivity contribution >= 4 is 28.9 Å². The van der Waals surface area contributed by atoms with Crippen LogP contribution < -0.4 is 10.1 Å². The number of ether oxygens (including phenoxy) is 3. The Morgan fingerprint density at radius 2 is 1.40 bits per heavy atom. The number of amides is 1. The van der Waals surface area contributed by atoms with E-state index in [1.807, 2.05) is 48.5 Å². The van der Waals surface area contributed by atoms with Gasteiger partial charge in [-0.3, -0.25) is 4.79 Å². The average Bonchev–Trinajstić information content (AvgIpc) is 3.09. The van der Waals surface area contributed by atoms with Crippen LogP contribution in [0.15, 0.2) is 97.1 Å². The molecule has 1 aliphatic rings. The first-order valence-electron chi connectivity index (χ1n) is 16.1. The Hall–Kier alpha value is -4.58. The molecule has 45 heavy (non-hydrogen) atoms. The van der Waals surface area contributed by atoms with E-state index in [-0.39, 0.29) is 18.7 Å². The molecule has 1 N–H and O–H groups in total. The molecule has 1 amide bonds. The second kappa shape index (κ2) is 15.9. The lowest BCUT2D eigenvalue weighted by Crippen LogP contribution is -2.34. The Balaban J connectivity index is 1.09. The third-order valence-corrected chi connectivity index (χ3v) is 8.42. The van der Waals surface area contributed by atoms with E-state index in [4.69, 9.17) is 9.47 Å². The van der Waals surface area contributed by atoms with Crippen LogP contribution in [0.2, 0.25) is 0 Å². The molecule has 0 fully saturated rings. The summed E-state index contributed by atoms with van der Waals surface area (Å²) in [4.78, 5) is 23.4. The molecule has 0 spiro atoms. The van der Waals surface area contributed by atoms with Crippen molar-refractivity contribution in [2.45, 2.75) is 70.0 Å². The minimum atomic E-state index is -0.710. The third-order valence-electron chi connectivity index (χ3n) is 8.42. The lowest BCUT2D eigenvalue weighted by atomic mass is 9.83. The number of nitrogens with one attached hydrogen (secondary N) is 1. The van der Waals surface area contributed by atoms with Gasteiger partial charge in [0.25, 0.3) is 0 Å². The van der Waals surface area contributed by atoms with Crippen molar-refractivity contribution in [2.24, 2.45) is 0 Å². The van der Waals surface area contributed by atoms with Crippen molar-refractivity contribution in [3.8, 4) is 5.75 Å². The van der Waals surface area contributed by atoms with Crippen LogP contribution in [0.1, 0.15) is 80.0 Å². The van der Waals surface area contributed by atoms with Gasteiger partial charge in [0.1, 0.15) is 12.4 Å². The Bertz CT molecular complexity index is 1540. The summed E-state index contributed by atoms with van der Waals surface area (Å²) in [5.41, 5.74) is 3.42. The van der Waals surface area contributed by atoms with Crippen LogP contribution in [0, 0.1) is 0 Å². The molecule has 1 heterocycles. The number of esters is 1. The van der Waals surface area contributed by atoms with Crippen molar-refractivity contribution in [1.29, 1.82) is 0 Å². The quantitative estimate of drug-likeness (QED) is 0.108. The largest absolute Gasteiger partial charge is 0.473 e. The molecule has 0 atom stereocenters. The van der Waals surface area contributed by atoms with Gasteiger partial charge in [-0.05, 0) is 53.5 Å². The highest BCUT2D eigenvalue weighted by Gasteiger charge is 2.37. The Labute approximate surface area is 266 Å². The van der Waals surface area contributed by atoms with Crippen LogP contribution in [0.3, 0.4) is 0 Å². The minimum Gasteiger partial charge on any atom is -0.473 e. The van der Waals surface area contributed by atoms with Gasteiger partial charge < -0.3 is 19.5 Å². The van der Waals surface area contributed by atoms with Gasteiger partial charge >= 0.3 is 12.1 Å². The van der Waals surface area contributed by atoms with E-state index < -0.39 is 5.60 Å². The topological polar surface area (TPSA) is 73.9 Å². The van der Waals surface area contributed by atoms with E-state index in [0.29, 0.717) is 13.0 Å². The molecule has 0 aliphatic carbocycles. The second-order valence-corrected chi connectivity index (χ2v) is 11.6. The number of methoxy groups -OCH3 is 1. The van der Waals surface area contributed by atoms with Gasteiger partial charge in [-0.1, -0.05) is 117 Å². The highest BCUT2D eigenvalue weighted by Crippen LogP contribution is 2.44. The summed E-state index contributed by atoms with van der Waals surface area (Å²) >= 11 is 0. The fourth-order valence-corrected chi connectivity index (χ4v) is 5.94. The van der Waals surface area contributed by atoms with Crippen molar-refractivity contribution in [3.05, 3.63) is 119 Å². The predicted molar refractivity (Wildman–Crippen MR) is 179 cm³/mol. The number of alkyl carbamates (subject to hydrolysis) is 1. The van der Waals surface area contributed by atoms with E-state index in [9.17, 15) is 9.59 Å². The number of hydrogen-bond donors (Lipinski definition) is 1. The van der Waals surface area contributed by atoms with Crippen LogP contribution in [0.25, 0.3) is 16.8 Å². The van der Waals surface area contributed by atoms with Gasteiger partial charge in [-0.15, -0.1) is 0 Å². The SMILES string of the molecule is COC(=O)CCCCCCCCCCNC(=O)OCc1ccc2c3c(ccc2c1)OC(c1ccccc1)(c1ccccc1)C=C3. The molecule has 234 valence electrons. The summed E-state index contributed by atoms with van der Waals surface area (Å²) < 4.78 is 17.0. The fourth-order valence-electron chi connectivity index (χ4n) is 5.94. The molecule has 4 aromatic rings. The summed E-state index contributed by atoms with van der Waals surface area (Å²) in [6, 6.07) is 30.9. The van der Waals surface area contributed by atoms with Crippen molar-refractivity contribution in [3.63, 3.8) is 0 Å². The number of fused-ring (bicyclic) bond motifs is 3. The van der Waals surface area contributed by atoms with E-state index in [1.165, 1.54) is 20.0 Å². The van der Waals surface area contributed by atoms with Crippen LogP contribution in [-0.4, -0.2) is 25.7 Å². The molecule has 0 saturated heterocycles. The standard InChI is InChI=1S/C39H43NO5/c1-43-37(41)20-14-6-4-2-3-5-7-15-27-40-38(42)44-29-30-21-23-34-31(28-30)22-24-36-35(34)25-26-39(45-36,32-16-10-8-11-17-32)33-18-12-9-13-19-33/h8-13,16-19,21-26,28H,2-7,14-15,20,27,29H2,1H3,(H,40,42). The average molecular weight is 606 g/mol. The summed E-state index contributed by atoms with van der Waals surface area (Å²) in [6.07, 6.45) is 13.1. The number of carbonyl (C=O) groups is 2. The van der Waals surface area contributed by atoms with Crippen LogP contribution in [-0.2, 0) is 26.5 Å². The van der Waals surface area contributed by atoms with Gasteiger partial charge in [-0.25, -0.2) is 4.79 Å². The minimum absolute atomic E-state index is 0.125. The number of rotatable bonds is 15. The Kier molecular flexibility index (Phi) is 11.3. The maximum Gasteiger partial charge on any atom is 0.407 e. The molecule has 5 rings (SSSR count). The first-order valence-corrected chi connectivity index (χ1v) is 16.1. The molecule has 0 radical (unpaired) electrons. The van der Waals surface area contributed by atoms with Crippen molar-refractivity contribution in [2.75, 3.05) is 13.7 Å². The fraction of sp³-hybridized carbons (Fsp3) is 0.333. The molecule has 4 aromatic carbocycles. The van der Waals surface area contributed by atoms with E-state index in [1.54, 1.807) is 0 Å². The summed E-state index contributed by atoms with van der Waals surface area (Å²) in [5.74, 6) is 0.705. The Morgan fingerprint density at radius 3 is 2.07 bits per heavy atom. The molecule has 0 aromatic heterocycles.